The highest BCUT2D eigenvalue weighted by atomic mass is 16.3. The molecule has 1 unspecified atom stereocenters. The van der Waals surface area contributed by atoms with Gasteiger partial charge in [-0.1, -0.05) is 51.1 Å². The lowest BCUT2D eigenvalue weighted by Gasteiger charge is -2.37. The molecule has 0 amide bonds. The van der Waals surface area contributed by atoms with Crippen molar-refractivity contribution in [1.29, 1.82) is 0 Å². The molecule has 0 radical (unpaired) electrons. The van der Waals surface area contributed by atoms with Gasteiger partial charge < -0.3 is 5.11 Å². The quantitative estimate of drug-likeness (QED) is 0.832. The zero-order chi connectivity index (χ0) is 15.3. The van der Waals surface area contributed by atoms with E-state index < -0.39 is 6.10 Å². The van der Waals surface area contributed by atoms with Crippen LogP contribution in [0.2, 0.25) is 0 Å². The van der Waals surface area contributed by atoms with Crippen molar-refractivity contribution in [2.45, 2.75) is 58.1 Å². The summed E-state index contributed by atoms with van der Waals surface area (Å²) >= 11 is 0. The van der Waals surface area contributed by atoms with Crippen LogP contribution in [-0.2, 0) is 12.0 Å². The molecule has 3 heteroatoms. The van der Waals surface area contributed by atoms with Crippen LogP contribution in [0.5, 0.6) is 0 Å². The molecule has 0 fully saturated rings. The third-order valence-electron chi connectivity index (χ3n) is 4.60. The van der Waals surface area contributed by atoms with Crippen molar-refractivity contribution in [1.82, 2.24) is 9.78 Å². The van der Waals surface area contributed by atoms with Gasteiger partial charge in [0.25, 0.3) is 0 Å². The molecule has 1 aromatic heterocycles. The van der Waals surface area contributed by atoms with Gasteiger partial charge in [-0.3, -0.25) is 4.68 Å². The summed E-state index contributed by atoms with van der Waals surface area (Å²) in [4.78, 5) is 0. The number of aromatic nitrogens is 2. The molecule has 2 rings (SSSR count). The minimum Gasteiger partial charge on any atom is -0.386 e. The van der Waals surface area contributed by atoms with E-state index in [0.29, 0.717) is 0 Å². The lowest BCUT2D eigenvalue weighted by Crippen LogP contribution is -2.34. The van der Waals surface area contributed by atoms with Gasteiger partial charge in [-0.15, -0.1) is 0 Å². The Morgan fingerprint density at radius 1 is 1.10 bits per heavy atom. The lowest BCUT2D eigenvalue weighted by molar-refractivity contribution is 0.0646. The van der Waals surface area contributed by atoms with E-state index in [1.165, 1.54) is 5.56 Å². The van der Waals surface area contributed by atoms with E-state index >= 15 is 0 Å². The molecule has 0 bridgehead atoms. The highest BCUT2D eigenvalue weighted by Crippen LogP contribution is 2.42. The zero-order valence-corrected chi connectivity index (χ0v) is 13.3. The molecule has 0 aliphatic heterocycles. The van der Waals surface area contributed by atoms with Gasteiger partial charge in [-0.2, -0.15) is 5.10 Å². The third kappa shape index (κ3) is 2.88. The molecule has 1 heterocycles. The Morgan fingerprint density at radius 2 is 1.76 bits per heavy atom. The summed E-state index contributed by atoms with van der Waals surface area (Å²) < 4.78 is 1.94. The monoisotopic (exact) mass is 286 g/mol. The molecule has 0 saturated heterocycles. The molecule has 1 N–H and O–H groups in total. The van der Waals surface area contributed by atoms with Crippen LogP contribution in [-0.4, -0.2) is 14.9 Å². The Hall–Kier alpha value is -1.61. The molecule has 0 aliphatic rings. The van der Waals surface area contributed by atoms with E-state index in [2.05, 4.69) is 38.0 Å². The second-order valence-corrected chi connectivity index (χ2v) is 5.61. The SMILES string of the molecule is CCCn1nccc1C(O)C(CC)(CC)c1ccccc1. The number of aliphatic hydroxyl groups excluding tert-OH is 1. The van der Waals surface area contributed by atoms with E-state index in [4.69, 9.17) is 0 Å². The maximum absolute atomic E-state index is 11.1. The van der Waals surface area contributed by atoms with Gasteiger partial charge >= 0.3 is 0 Å². The van der Waals surface area contributed by atoms with Crippen LogP contribution >= 0.6 is 0 Å². The molecule has 114 valence electrons. The molecule has 2 aromatic rings. The highest BCUT2D eigenvalue weighted by Gasteiger charge is 2.38. The van der Waals surface area contributed by atoms with Gasteiger partial charge in [-0.25, -0.2) is 0 Å². The van der Waals surface area contributed by atoms with Gasteiger partial charge in [-0.05, 0) is 30.9 Å². The third-order valence-corrected chi connectivity index (χ3v) is 4.60. The Morgan fingerprint density at radius 3 is 2.33 bits per heavy atom. The van der Waals surface area contributed by atoms with Gasteiger partial charge in [0.05, 0.1) is 5.69 Å². The molecule has 1 atom stereocenters. The van der Waals surface area contributed by atoms with E-state index in [9.17, 15) is 5.11 Å². The fourth-order valence-corrected chi connectivity index (χ4v) is 3.23. The number of hydrogen-bond donors (Lipinski definition) is 1. The van der Waals surface area contributed by atoms with Crippen molar-refractivity contribution in [2.75, 3.05) is 0 Å². The average Bonchev–Trinajstić information content (AvgIpc) is 2.98. The second kappa shape index (κ2) is 6.90. The number of aliphatic hydroxyl groups is 1. The first-order chi connectivity index (χ1) is 10.2. The Balaban J connectivity index is 2.44. The highest BCUT2D eigenvalue weighted by molar-refractivity contribution is 5.29. The number of nitrogens with zero attached hydrogens (tertiary/aromatic N) is 2. The van der Waals surface area contributed by atoms with Crippen molar-refractivity contribution < 1.29 is 5.11 Å². The normalized spacial score (nSPS) is 13.3. The second-order valence-electron chi connectivity index (χ2n) is 5.61. The zero-order valence-electron chi connectivity index (χ0n) is 13.3. The van der Waals surface area contributed by atoms with Gasteiger partial charge in [0.15, 0.2) is 0 Å². The number of rotatable bonds is 7. The fourth-order valence-electron chi connectivity index (χ4n) is 3.23. The summed E-state index contributed by atoms with van der Waals surface area (Å²) in [5.74, 6) is 0. The van der Waals surface area contributed by atoms with Crippen molar-refractivity contribution in [3.05, 3.63) is 53.9 Å². The van der Waals surface area contributed by atoms with Crippen molar-refractivity contribution in [3.8, 4) is 0 Å². The molecular weight excluding hydrogens is 260 g/mol. The molecule has 0 saturated carbocycles. The van der Waals surface area contributed by atoms with Crippen molar-refractivity contribution in [2.24, 2.45) is 0 Å². The Labute approximate surface area is 127 Å². The molecule has 0 aliphatic carbocycles. The lowest BCUT2D eigenvalue weighted by atomic mass is 9.70. The Kier molecular flexibility index (Phi) is 5.18. The van der Waals surface area contributed by atoms with Crippen LogP contribution < -0.4 is 0 Å². The summed E-state index contributed by atoms with van der Waals surface area (Å²) in [7, 11) is 0. The largest absolute Gasteiger partial charge is 0.386 e. The van der Waals surface area contributed by atoms with Gasteiger partial charge in [0, 0.05) is 18.2 Å². The fraction of sp³-hybridized carbons (Fsp3) is 0.500. The minimum absolute atomic E-state index is 0.257. The summed E-state index contributed by atoms with van der Waals surface area (Å²) in [5, 5.41) is 15.5. The first kappa shape index (κ1) is 15.8. The van der Waals surface area contributed by atoms with Gasteiger partial charge in [0.2, 0.25) is 0 Å². The van der Waals surface area contributed by atoms with E-state index in [1.807, 2.05) is 28.9 Å². The van der Waals surface area contributed by atoms with Crippen LogP contribution in [0.25, 0.3) is 0 Å². The molecule has 0 spiro atoms. The molecular formula is C18H26N2O. The van der Waals surface area contributed by atoms with Crippen molar-refractivity contribution in [3.63, 3.8) is 0 Å². The minimum atomic E-state index is -0.538. The van der Waals surface area contributed by atoms with E-state index in [0.717, 1.165) is 31.5 Å². The molecule has 1 aromatic carbocycles. The van der Waals surface area contributed by atoms with Crippen LogP contribution in [0, 0.1) is 0 Å². The predicted octanol–water partition coefficient (Wildman–Crippen LogP) is 4.08. The maximum Gasteiger partial charge on any atom is 0.105 e. The number of benzene rings is 1. The smallest absolute Gasteiger partial charge is 0.105 e. The Bertz CT molecular complexity index is 543. The van der Waals surface area contributed by atoms with Crippen LogP contribution in [0.15, 0.2) is 42.6 Å². The number of aryl methyl sites for hydroxylation is 1. The standard InChI is InChI=1S/C18H26N2O/c1-4-14-20-16(12-13-19-20)17(21)18(5-2,6-3)15-10-8-7-9-11-15/h7-13,17,21H,4-6,14H2,1-3H3. The number of hydrogen-bond acceptors (Lipinski definition) is 2. The molecule has 21 heavy (non-hydrogen) atoms. The van der Waals surface area contributed by atoms with Crippen LogP contribution in [0.3, 0.4) is 0 Å². The topological polar surface area (TPSA) is 38.0 Å². The summed E-state index contributed by atoms with van der Waals surface area (Å²) in [6.45, 7) is 7.28. The average molecular weight is 286 g/mol. The summed E-state index contributed by atoms with van der Waals surface area (Å²) in [6, 6.07) is 12.3. The summed E-state index contributed by atoms with van der Waals surface area (Å²) in [6.07, 6.45) is 4.05. The predicted molar refractivity (Wildman–Crippen MR) is 86.2 cm³/mol. The van der Waals surface area contributed by atoms with Gasteiger partial charge in [0.1, 0.15) is 6.10 Å². The maximum atomic E-state index is 11.1. The first-order valence-corrected chi connectivity index (χ1v) is 7.94. The molecule has 3 nitrogen and oxygen atoms in total. The first-order valence-electron chi connectivity index (χ1n) is 7.94. The van der Waals surface area contributed by atoms with Crippen LogP contribution in [0.4, 0.5) is 0 Å². The van der Waals surface area contributed by atoms with E-state index in [1.54, 1.807) is 6.20 Å². The van der Waals surface area contributed by atoms with Crippen molar-refractivity contribution >= 4 is 0 Å². The summed E-state index contributed by atoms with van der Waals surface area (Å²) in [5.41, 5.74) is 1.86. The van der Waals surface area contributed by atoms with E-state index in [-0.39, 0.29) is 5.41 Å². The van der Waals surface area contributed by atoms with Crippen LogP contribution in [0.1, 0.15) is 57.4 Å².